The van der Waals surface area contributed by atoms with E-state index in [0.717, 1.165) is 6.42 Å². The van der Waals surface area contributed by atoms with Crippen LogP contribution in [0.5, 0.6) is 0 Å². The van der Waals surface area contributed by atoms with E-state index < -0.39 is 6.04 Å². The summed E-state index contributed by atoms with van der Waals surface area (Å²) in [6.07, 6.45) is 1.08. The molecule has 0 saturated carbocycles. The van der Waals surface area contributed by atoms with Gasteiger partial charge in [0, 0.05) is 12.6 Å². The van der Waals surface area contributed by atoms with Crippen molar-refractivity contribution in [2.24, 2.45) is 11.7 Å². The van der Waals surface area contributed by atoms with Gasteiger partial charge in [-0.3, -0.25) is 4.79 Å². The molecule has 3 N–H and O–H groups in total. The molecule has 0 rings (SSSR count). The topological polar surface area (TPSA) is 58.4 Å². The van der Waals surface area contributed by atoms with Crippen molar-refractivity contribution < 1.29 is 4.79 Å². The van der Waals surface area contributed by atoms with Crippen LogP contribution in [0.2, 0.25) is 0 Å². The summed E-state index contributed by atoms with van der Waals surface area (Å²) < 4.78 is 0. The molecule has 15 heavy (non-hydrogen) atoms. The quantitative estimate of drug-likeness (QED) is 0.675. The number of hydrogen-bond acceptors (Lipinski definition) is 3. The summed E-state index contributed by atoms with van der Waals surface area (Å²) in [6.45, 7) is 6.74. The lowest BCUT2D eigenvalue weighted by molar-refractivity contribution is -0.122. The number of amides is 1. The molecule has 4 heteroatoms. The Balaban J connectivity index is 4.02. The van der Waals surface area contributed by atoms with E-state index in [9.17, 15) is 4.79 Å². The second-order valence-electron chi connectivity index (χ2n) is 4.78. The highest BCUT2D eigenvalue weighted by atomic mass is 16.2. The molecule has 2 atom stereocenters. The third kappa shape index (κ3) is 6.47. The fourth-order valence-electron chi connectivity index (χ4n) is 1.40. The van der Waals surface area contributed by atoms with Crippen LogP contribution in [0.15, 0.2) is 0 Å². The number of carbonyl (C=O) groups is 1. The monoisotopic (exact) mass is 215 g/mol. The predicted octanol–water partition coefficient (Wildman–Crippen LogP) is 0.426. The summed E-state index contributed by atoms with van der Waals surface area (Å²) in [7, 11) is 4.07. The zero-order valence-electron chi connectivity index (χ0n) is 10.6. The molecule has 1 amide bonds. The van der Waals surface area contributed by atoms with Crippen molar-refractivity contribution in [3.63, 3.8) is 0 Å². The van der Waals surface area contributed by atoms with E-state index in [0.29, 0.717) is 18.5 Å². The van der Waals surface area contributed by atoms with Crippen LogP contribution in [0, 0.1) is 5.92 Å². The molecular weight excluding hydrogens is 190 g/mol. The van der Waals surface area contributed by atoms with Crippen LogP contribution in [0.25, 0.3) is 0 Å². The van der Waals surface area contributed by atoms with E-state index in [1.165, 1.54) is 0 Å². The van der Waals surface area contributed by atoms with Crippen LogP contribution in [0.1, 0.15) is 27.2 Å². The van der Waals surface area contributed by atoms with Gasteiger partial charge in [0.25, 0.3) is 0 Å². The molecule has 0 aromatic heterocycles. The third-order valence-electron chi connectivity index (χ3n) is 2.40. The van der Waals surface area contributed by atoms with E-state index >= 15 is 0 Å². The number of rotatable bonds is 6. The summed E-state index contributed by atoms with van der Waals surface area (Å²) in [4.78, 5) is 13.4. The van der Waals surface area contributed by atoms with Gasteiger partial charge >= 0.3 is 0 Å². The first kappa shape index (κ1) is 14.4. The molecule has 0 bridgehead atoms. The van der Waals surface area contributed by atoms with Crippen LogP contribution in [0.3, 0.4) is 0 Å². The molecule has 0 heterocycles. The molecule has 0 aromatic rings. The lowest BCUT2D eigenvalue weighted by Gasteiger charge is -2.26. The van der Waals surface area contributed by atoms with E-state index in [2.05, 4.69) is 24.1 Å². The van der Waals surface area contributed by atoms with Crippen molar-refractivity contribution in [1.29, 1.82) is 0 Å². The van der Waals surface area contributed by atoms with E-state index in [1.807, 2.05) is 14.1 Å². The Morgan fingerprint density at radius 1 is 1.33 bits per heavy atom. The third-order valence-corrected chi connectivity index (χ3v) is 2.40. The van der Waals surface area contributed by atoms with Gasteiger partial charge in [-0.15, -0.1) is 0 Å². The number of nitrogens with zero attached hydrogens (tertiary/aromatic N) is 1. The van der Waals surface area contributed by atoms with Crippen LogP contribution in [-0.4, -0.2) is 43.5 Å². The maximum atomic E-state index is 11.3. The van der Waals surface area contributed by atoms with E-state index in [1.54, 1.807) is 6.92 Å². The van der Waals surface area contributed by atoms with Crippen molar-refractivity contribution in [1.82, 2.24) is 10.2 Å². The summed E-state index contributed by atoms with van der Waals surface area (Å²) in [5.74, 6) is 0.551. The zero-order valence-corrected chi connectivity index (χ0v) is 10.6. The van der Waals surface area contributed by atoms with Crippen molar-refractivity contribution in [3.8, 4) is 0 Å². The fourth-order valence-corrected chi connectivity index (χ4v) is 1.40. The van der Waals surface area contributed by atoms with Gasteiger partial charge in [-0.25, -0.2) is 0 Å². The lowest BCUT2D eigenvalue weighted by Crippen LogP contribution is -2.45. The Morgan fingerprint density at radius 2 is 1.87 bits per heavy atom. The maximum Gasteiger partial charge on any atom is 0.236 e. The molecule has 0 radical (unpaired) electrons. The second kappa shape index (κ2) is 6.80. The molecule has 2 unspecified atom stereocenters. The summed E-state index contributed by atoms with van der Waals surface area (Å²) in [5.41, 5.74) is 5.47. The highest BCUT2D eigenvalue weighted by Crippen LogP contribution is 2.07. The van der Waals surface area contributed by atoms with Crippen LogP contribution in [0.4, 0.5) is 0 Å². The van der Waals surface area contributed by atoms with Gasteiger partial charge in [0.1, 0.15) is 0 Å². The van der Waals surface area contributed by atoms with Gasteiger partial charge in [-0.05, 0) is 33.4 Å². The molecule has 0 saturated heterocycles. The van der Waals surface area contributed by atoms with Crippen molar-refractivity contribution >= 4 is 5.91 Å². The van der Waals surface area contributed by atoms with Gasteiger partial charge in [0.05, 0.1) is 6.04 Å². The van der Waals surface area contributed by atoms with Gasteiger partial charge in [-0.2, -0.15) is 0 Å². The molecule has 0 aromatic carbocycles. The number of nitrogens with one attached hydrogen (secondary N) is 1. The fraction of sp³-hybridized carbons (Fsp3) is 0.909. The summed E-state index contributed by atoms with van der Waals surface area (Å²) in [5, 5.41) is 2.86. The number of carbonyl (C=O) groups excluding carboxylic acids is 1. The van der Waals surface area contributed by atoms with Crippen molar-refractivity contribution in [3.05, 3.63) is 0 Å². The second-order valence-corrected chi connectivity index (χ2v) is 4.78. The Bertz CT molecular complexity index is 190. The minimum absolute atomic E-state index is 0.0781. The molecule has 0 aliphatic rings. The van der Waals surface area contributed by atoms with Crippen LogP contribution < -0.4 is 11.1 Å². The Kier molecular flexibility index (Phi) is 6.52. The SMILES string of the molecule is CC(C)CC(CNC(=O)C(C)N)N(C)C. The number of nitrogens with two attached hydrogens (primary N) is 1. The predicted molar refractivity (Wildman–Crippen MR) is 63.6 cm³/mol. The molecule has 0 fully saturated rings. The summed E-state index contributed by atoms with van der Waals surface area (Å²) in [6, 6.07) is -0.0421. The Hall–Kier alpha value is -0.610. The number of likely N-dealkylation sites (N-methyl/N-ethyl adjacent to an activating group) is 1. The minimum atomic E-state index is -0.424. The van der Waals surface area contributed by atoms with E-state index in [-0.39, 0.29) is 5.91 Å². The maximum absolute atomic E-state index is 11.3. The standard InChI is InChI=1S/C11H25N3O/c1-8(2)6-10(14(4)5)7-13-11(15)9(3)12/h8-10H,6-7,12H2,1-5H3,(H,13,15). The Labute approximate surface area is 93.2 Å². The van der Waals surface area contributed by atoms with Crippen LogP contribution in [-0.2, 0) is 4.79 Å². The zero-order chi connectivity index (χ0) is 12.0. The molecule has 4 nitrogen and oxygen atoms in total. The first-order chi connectivity index (χ1) is 6.84. The van der Waals surface area contributed by atoms with Crippen LogP contribution >= 0.6 is 0 Å². The molecular formula is C11H25N3O. The lowest BCUT2D eigenvalue weighted by atomic mass is 10.0. The normalized spacial score (nSPS) is 15.5. The molecule has 0 spiro atoms. The van der Waals surface area contributed by atoms with Crippen molar-refractivity contribution in [2.75, 3.05) is 20.6 Å². The first-order valence-electron chi connectivity index (χ1n) is 5.54. The summed E-state index contributed by atoms with van der Waals surface area (Å²) >= 11 is 0. The smallest absolute Gasteiger partial charge is 0.236 e. The average Bonchev–Trinajstić information content (AvgIpc) is 2.10. The largest absolute Gasteiger partial charge is 0.353 e. The van der Waals surface area contributed by atoms with Gasteiger partial charge in [-0.1, -0.05) is 13.8 Å². The van der Waals surface area contributed by atoms with Gasteiger partial charge in [0.2, 0.25) is 5.91 Å². The highest BCUT2D eigenvalue weighted by molar-refractivity contribution is 5.80. The number of hydrogen-bond donors (Lipinski definition) is 2. The van der Waals surface area contributed by atoms with Gasteiger partial charge in [0.15, 0.2) is 0 Å². The van der Waals surface area contributed by atoms with Crippen molar-refractivity contribution in [2.45, 2.75) is 39.3 Å². The molecule has 0 aliphatic carbocycles. The Morgan fingerprint density at radius 3 is 2.20 bits per heavy atom. The van der Waals surface area contributed by atoms with Gasteiger partial charge < -0.3 is 16.0 Å². The highest BCUT2D eigenvalue weighted by Gasteiger charge is 2.15. The average molecular weight is 215 g/mol. The molecule has 90 valence electrons. The minimum Gasteiger partial charge on any atom is -0.353 e. The molecule has 0 aliphatic heterocycles. The van der Waals surface area contributed by atoms with E-state index in [4.69, 9.17) is 5.73 Å². The first-order valence-corrected chi connectivity index (χ1v) is 5.54.